The summed E-state index contributed by atoms with van der Waals surface area (Å²) in [6, 6.07) is 13.8. The molecule has 0 heterocycles. The predicted molar refractivity (Wildman–Crippen MR) is 78.2 cm³/mol. The maximum atomic E-state index is 12.0. The normalized spacial score (nSPS) is 11.9. The van der Waals surface area contributed by atoms with Crippen LogP contribution in [0.15, 0.2) is 48.5 Å². The molecule has 3 N–H and O–H groups in total. The van der Waals surface area contributed by atoms with Crippen molar-refractivity contribution in [3.63, 3.8) is 0 Å². The summed E-state index contributed by atoms with van der Waals surface area (Å²) in [5.74, 6) is -0.244. The van der Waals surface area contributed by atoms with Crippen molar-refractivity contribution in [1.29, 1.82) is 0 Å². The van der Waals surface area contributed by atoms with Gasteiger partial charge in [0.15, 0.2) is 0 Å². The molecule has 0 saturated heterocycles. The Bertz CT molecular complexity index is 564. The SMILES string of the molecule is Cc1ccc(NC(=O)C(N)c2ccc(Cl)cc2)cc1. The average Bonchev–Trinajstić information content (AvgIpc) is 2.41. The molecule has 0 aliphatic carbocycles. The van der Waals surface area contributed by atoms with Crippen molar-refractivity contribution in [3.8, 4) is 0 Å². The highest BCUT2D eigenvalue weighted by Gasteiger charge is 2.15. The molecule has 19 heavy (non-hydrogen) atoms. The number of benzene rings is 2. The van der Waals surface area contributed by atoms with Gasteiger partial charge in [0, 0.05) is 10.7 Å². The number of hydrogen-bond donors (Lipinski definition) is 2. The lowest BCUT2D eigenvalue weighted by Crippen LogP contribution is -2.27. The Hall–Kier alpha value is -1.84. The minimum absolute atomic E-state index is 0.244. The largest absolute Gasteiger partial charge is 0.324 e. The van der Waals surface area contributed by atoms with Crippen molar-refractivity contribution in [2.75, 3.05) is 5.32 Å². The van der Waals surface area contributed by atoms with Gasteiger partial charge in [0.25, 0.3) is 0 Å². The lowest BCUT2D eigenvalue weighted by atomic mass is 10.1. The van der Waals surface area contributed by atoms with Gasteiger partial charge in [-0.05, 0) is 36.8 Å². The molecule has 0 aliphatic rings. The lowest BCUT2D eigenvalue weighted by Gasteiger charge is -2.12. The van der Waals surface area contributed by atoms with Crippen LogP contribution in [0.1, 0.15) is 17.2 Å². The molecule has 98 valence electrons. The molecule has 0 radical (unpaired) electrons. The first-order chi connectivity index (χ1) is 9.06. The maximum absolute atomic E-state index is 12.0. The molecule has 0 aromatic heterocycles. The Morgan fingerprint density at radius 3 is 2.26 bits per heavy atom. The number of aryl methyl sites for hydroxylation is 1. The van der Waals surface area contributed by atoms with Gasteiger partial charge in [-0.25, -0.2) is 0 Å². The third-order valence-corrected chi connectivity index (χ3v) is 3.08. The molecule has 1 amide bonds. The van der Waals surface area contributed by atoms with Gasteiger partial charge in [0.1, 0.15) is 6.04 Å². The van der Waals surface area contributed by atoms with E-state index >= 15 is 0 Å². The molecule has 2 rings (SSSR count). The van der Waals surface area contributed by atoms with Gasteiger partial charge in [-0.1, -0.05) is 41.4 Å². The van der Waals surface area contributed by atoms with E-state index in [1.54, 1.807) is 24.3 Å². The standard InChI is InChI=1S/C15H15ClN2O/c1-10-2-8-13(9-3-10)18-15(19)14(17)11-4-6-12(16)7-5-11/h2-9,14H,17H2,1H3,(H,18,19). The summed E-state index contributed by atoms with van der Waals surface area (Å²) in [6.45, 7) is 1.99. The van der Waals surface area contributed by atoms with Crippen molar-refractivity contribution in [2.24, 2.45) is 5.73 Å². The first kappa shape index (κ1) is 13.6. The summed E-state index contributed by atoms with van der Waals surface area (Å²) in [5, 5.41) is 3.41. The second kappa shape index (κ2) is 5.87. The van der Waals surface area contributed by atoms with Gasteiger partial charge in [-0.15, -0.1) is 0 Å². The van der Waals surface area contributed by atoms with Crippen LogP contribution in [-0.2, 0) is 4.79 Å². The number of carbonyl (C=O) groups excluding carboxylic acids is 1. The minimum Gasteiger partial charge on any atom is -0.324 e. The van der Waals surface area contributed by atoms with Gasteiger partial charge in [-0.3, -0.25) is 4.79 Å². The average molecular weight is 275 g/mol. The van der Waals surface area contributed by atoms with Crippen molar-refractivity contribution in [2.45, 2.75) is 13.0 Å². The third-order valence-electron chi connectivity index (χ3n) is 2.83. The van der Waals surface area contributed by atoms with Crippen LogP contribution in [0, 0.1) is 6.92 Å². The summed E-state index contributed by atoms with van der Waals surface area (Å²) < 4.78 is 0. The number of halogens is 1. The van der Waals surface area contributed by atoms with Crippen molar-refractivity contribution in [3.05, 3.63) is 64.7 Å². The van der Waals surface area contributed by atoms with Crippen LogP contribution >= 0.6 is 11.6 Å². The third kappa shape index (κ3) is 3.56. The molecule has 1 atom stereocenters. The summed E-state index contributed by atoms with van der Waals surface area (Å²) in [4.78, 5) is 12.0. The van der Waals surface area contributed by atoms with Crippen molar-refractivity contribution in [1.82, 2.24) is 0 Å². The summed E-state index contributed by atoms with van der Waals surface area (Å²) >= 11 is 5.80. The van der Waals surface area contributed by atoms with Crippen molar-refractivity contribution < 1.29 is 4.79 Å². The molecule has 0 aliphatic heterocycles. The van der Waals surface area contributed by atoms with Crippen molar-refractivity contribution >= 4 is 23.2 Å². The van der Waals surface area contributed by atoms with E-state index < -0.39 is 6.04 Å². The number of nitrogens with one attached hydrogen (secondary N) is 1. The molecule has 0 spiro atoms. The molecule has 1 unspecified atom stereocenters. The fourth-order valence-corrected chi connectivity index (χ4v) is 1.80. The lowest BCUT2D eigenvalue weighted by molar-refractivity contribution is -0.117. The van der Waals surface area contributed by atoms with Gasteiger partial charge in [0.05, 0.1) is 0 Å². The smallest absolute Gasteiger partial charge is 0.245 e. The Labute approximate surface area is 117 Å². The summed E-state index contributed by atoms with van der Waals surface area (Å²) in [6.07, 6.45) is 0. The van der Waals surface area contributed by atoms with E-state index in [1.165, 1.54) is 0 Å². The van der Waals surface area contributed by atoms with Crippen LogP contribution in [0.25, 0.3) is 0 Å². The number of anilines is 1. The van der Waals surface area contributed by atoms with Gasteiger partial charge in [-0.2, -0.15) is 0 Å². The van der Waals surface area contributed by atoms with Gasteiger partial charge in [0.2, 0.25) is 5.91 Å². The van der Waals surface area contributed by atoms with Crippen LogP contribution in [0.5, 0.6) is 0 Å². The Kier molecular flexibility index (Phi) is 4.20. The second-order valence-electron chi connectivity index (χ2n) is 4.38. The predicted octanol–water partition coefficient (Wildman–Crippen LogP) is 3.29. The number of hydrogen-bond acceptors (Lipinski definition) is 2. The first-order valence-corrected chi connectivity index (χ1v) is 6.32. The van der Waals surface area contributed by atoms with Gasteiger partial charge >= 0.3 is 0 Å². The highest BCUT2D eigenvalue weighted by atomic mass is 35.5. The molecule has 0 saturated carbocycles. The molecule has 4 heteroatoms. The van der Waals surface area contributed by atoms with E-state index in [0.29, 0.717) is 5.02 Å². The maximum Gasteiger partial charge on any atom is 0.245 e. The fourth-order valence-electron chi connectivity index (χ4n) is 1.68. The van der Waals surface area contributed by atoms with E-state index in [9.17, 15) is 4.79 Å². The first-order valence-electron chi connectivity index (χ1n) is 5.95. The highest BCUT2D eigenvalue weighted by molar-refractivity contribution is 6.30. The van der Waals surface area contributed by atoms with E-state index in [4.69, 9.17) is 17.3 Å². The van der Waals surface area contributed by atoms with E-state index in [0.717, 1.165) is 16.8 Å². The van der Waals surface area contributed by atoms with Crippen LogP contribution in [0.2, 0.25) is 5.02 Å². The zero-order valence-corrected chi connectivity index (χ0v) is 11.3. The quantitative estimate of drug-likeness (QED) is 0.902. The topological polar surface area (TPSA) is 55.1 Å². The Balaban J connectivity index is 2.07. The summed E-state index contributed by atoms with van der Waals surface area (Å²) in [5.41, 5.74) is 8.52. The molecular formula is C15H15ClN2O. The molecule has 2 aromatic rings. The van der Waals surface area contributed by atoms with Gasteiger partial charge < -0.3 is 11.1 Å². The number of rotatable bonds is 3. The molecule has 0 fully saturated rings. The van der Waals surface area contributed by atoms with Crippen LogP contribution in [-0.4, -0.2) is 5.91 Å². The molecule has 3 nitrogen and oxygen atoms in total. The second-order valence-corrected chi connectivity index (χ2v) is 4.82. The molecule has 0 bridgehead atoms. The Morgan fingerprint density at radius 1 is 1.11 bits per heavy atom. The Morgan fingerprint density at radius 2 is 1.68 bits per heavy atom. The van der Waals surface area contributed by atoms with E-state index in [2.05, 4.69) is 5.32 Å². The van der Waals surface area contributed by atoms with Crippen LogP contribution < -0.4 is 11.1 Å². The van der Waals surface area contributed by atoms with E-state index in [1.807, 2.05) is 31.2 Å². The fraction of sp³-hybridized carbons (Fsp3) is 0.133. The zero-order chi connectivity index (χ0) is 13.8. The summed E-state index contributed by atoms with van der Waals surface area (Å²) in [7, 11) is 0. The zero-order valence-electron chi connectivity index (χ0n) is 10.6. The van der Waals surface area contributed by atoms with Crippen LogP contribution in [0.4, 0.5) is 5.69 Å². The number of amides is 1. The number of nitrogens with two attached hydrogens (primary N) is 1. The number of carbonyl (C=O) groups is 1. The van der Waals surface area contributed by atoms with Crippen LogP contribution in [0.3, 0.4) is 0 Å². The monoisotopic (exact) mass is 274 g/mol. The van der Waals surface area contributed by atoms with E-state index in [-0.39, 0.29) is 5.91 Å². The highest BCUT2D eigenvalue weighted by Crippen LogP contribution is 2.17. The molecule has 2 aromatic carbocycles. The molecular weight excluding hydrogens is 260 g/mol. The minimum atomic E-state index is -0.710.